The quantitative estimate of drug-likeness (QED) is 0.786. The van der Waals surface area contributed by atoms with Crippen LogP contribution in [0.2, 0.25) is 0 Å². The predicted octanol–water partition coefficient (Wildman–Crippen LogP) is 3.09. The average Bonchev–Trinajstić information content (AvgIpc) is 2.35. The largest absolute Gasteiger partial charge is 0.358 e. The van der Waals surface area contributed by atoms with Crippen molar-refractivity contribution in [2.75, 3.05) is 0 Å². The molecule has 0 radical (unpaired) electrons. The molecule has 2 heterocycles. The Hall–Kier alpha value is -0.350. The molecule has 2 nitrogen and oxygen atoms in total. The van der Waals surface area contributed by atoms with E-state index in [0.717, 1.165) is 20.0 Å². The molecule has 4 heteroatoms. The zero-order valence-electron chi connectivity index (χ0n) is 5.44. The van der Waals surface area contributed by atoms with Crippen LogP contribution in [0.5, 0.6) is 0 Å². The molecule has 56 valence electrons. The van der Waals surface area contributed by atoms with Crippen LogP contribution in [0.1, 0.15) is 0 Å². The lowest BCUT2D eigenvalue weighted by molar-refractivity contribution is 1.39. The molecule has 2 rings (SSSR count). The molecule has 0 fully saturated rings. The standard InChI is InChI=1S/C7H4Br2N2/c8-4-1-2-10-7-5(9)3-11-6(4)7/h1-3,11H. The number of rotatable bonds is 0. The summed E-state index contributed by atoms with van der Waals surface area (Å²) >= 11 is 6.80. The maximum absolute atomic E-state index is 4.19. The number of H-pyrrole nitrogens is 1. The minimum atomic E-state index is 0.958. The second-order valence-electron chi connectivity index (χ2n) is 2.15. The lowest BCUT2D eigenvalue weighted by Gasteiger charge is -1.91. The van der Waals surface area contributed by atoms with Gasteiger partial charge >= 0.3 is 0 Å². The van der Waals surface area contributed by atoms with Crippen LogP contribution >= 0.6 is 31.9 Å². The number of hydrogen-bond acceptors (Lipinski definition) is 1. The third-order valence-electron chi connectivity index (χ3n) is 1.47. The van der Waals surface area contributed by atoms with Gasteiger partial charge in [-0.15, -0.1) is 0 Å². The number of aromatic nitrogens is 2. The Labute approximate surface area is 80.3 Å². The first-order valence-electron chi connectivity index (χ1n) is 3.06. The van der Waals surface area contributed by atoms with E-state index in [2.05, 4.69) is 41.8 Å². The summed E-state index contributed by atoms with van der Waals surface area (Å²) in [5, 5.41) is 0. The Balaban J connectivity index is 2.94. The van der Waals surface area contributed by atoms with Gasteiger partial charge in [-0.3, -0.25) is 4.98 Å². The monoisotopic (exact) mass is 274 g/mol. The highest BCUT2D eigenvalue weighted by atomic mass is 79.9. The Morgan fingerprint density at radius 2 is 2.09 bits per heavy atom. The van der Waals surface area contributed by atoms with Crippen molar-refractivity contribution in [1.29, 1.82) is 0 Å². The van der Waals surface area contributed by atoms with Crippen molar-refractivity contribution >= 4 is 42.9 Å². The van der Waals surface area contributed by atoms with Gasteiger partial charge in [0.25, 0.3) is 0 Å². The first-order valence-corrected chi connectivity index (χ1v) is 4.65. The lowest BCUT2D eigenvalue weighted by Crippen LogP contribution is -1.74. The van der Waals surface area contributed by atoms with Crippen LogP contribution < -0.4 is 0 Å². The van der Waals surface area contributed by atoms with Crippen LogP contribution in [0, 0.1) is 0 Å². The molecule has 0 atom stereocenters. The van der Waals surface area contributed by atoms with Crippen molar-refractivity contribution in [1.82, 2.24) is 9.97 Å². The van der Waals surface area contributed by atoms with Gasteiger partial charge in [0.15, 0.2) is 0 Å². The average molecular weight is 276 g/mol. The normalized spacial score (nSPS) is 10.7. The molecule has 0 aromatic carbocycles. The van der Waals surface area contributed by atoms with Crippen molar-refractivity contribution in [3.05, 3.63) is 27.4 Å². The molecule has 1 N–H and O–H groups in total. The van der Waals surface area contributed by atoms with Crippen LogP contribution in [0.25, 0.3) is 11.0 Å². The molecule has 0 aliphatic rings. The smallest absolute Gasteiger partial charge is 0.103 e. The third-order valence-corrected chi connectivity index (χ3v) is 2.73. The number of halogens is 2. The third kappa shape index (κ3) is 1.10. The van der Waals surface area contributed by atoms with Crippen LogP contribution in [0.15, 0.2) is 27.4 Å². The van der Waals surface area contributed by atoms with Crippen LogP contribution in [-0.2, 0) is 0 Å². The molecular weight excluding hydrogens is 272 g/mol. The van der Waals surface area contributed by atoms with Gasteiger partial charge in [-0.1, -0.05) is 0 Å². The van der Waals surface area contributed by atoms with Crippen molar-refractivity contribution in [3.63, 3.8) is 0 Å². The Morgan fingerprint density at radius 3 is 2.82 bits per heavy atom. The fourth-order valence-corrected chi connectivity index (χ4v) is 1.80. The van der Waals surface area contributed by atoms with Crippen LogP contribution in [0.4, 0.5) is 0 Å². The second-order valence-corrected chi connectivity index (χ2v) is 3.86. The molecule has 2 aromatic rings. The van der Waals surface area contributed by atoms with Crippen molar-refractivity contribution in [2.45, 2.75) is 0 Å². The number of hydrogen-bond donors (Lipinski definition) is 1. The molecule has 0 unspecified atom stereocenters. The minimum absolute atomic E-state index is 0.958. The van der Waals surface area contributed by atoms with E-state index in [9.17, 15) is 0 Å². The summed E-state index contributed by atoms with van der Waals surface area (Å²) in [5.74, 6) is 0. The minimum Gasteiger partial charge on any atom is -0.358 e. The number of pyridine rings is 1. The van der Waals surface area contributed by atoms with E-state index in [1.54, 1.807) is 6.20 Å². The summed E-state index contributed by atoms with van der Waals surface area (Å²) in [4.78, 5) is 7.29. The highest BCUT2D eigenvalue weighted by Gasteiger charge is 2.03. The summed E-state index contributed by atoms with van der Waals surface area (Å²) < 4.78 is 2.03. The van der Waals surface area contributed by atoms with Crippen LogP contribution in [-0.4, -0.2) is 9.97 Å². The van der Waals surface area contributed by atoms with E-state index in [1.165, 1.54) is 0 Å². The van der Waals surface area contributed by atoms with Crippen molar-refractivity contribution in [3.8, 4) is 0 Å². The van der Waals surface area contributed by atoms with E-state index in [1.807, 2.05) is 12.3 Å². The second kappa shape index (κ2) is 2.60. The Kier molecular flexibility index (Phi) is 1.73. The summed E-state index contributed by atoms with van der Waals surface area (Å²) in [6, 6.07) is 1.91. The molecule has 0 amide bonds. The molecule has 0 spiro atoms. The highest BCUT2D eigenvalue weighted by molar-refractivity contribution is 9.11. The number of fused-ring (bicyclic) bond motifs is 1. The van der Waals surface area contributed by atoms with Gasteiger partial charge in [0.2, 0.25) is 0 Å². The summed E-state index contributed by atoms with van der Waals surface area (Å²) in [5.41, 5.74) is 1.98. The molecule has 0 aliphatic heterocycles. The molecule has 2 aromatic heterocycles. The topological polar surface area (TPSA) is 28.7 Å². The lowest BCUT2D eigenvalue weighted by atomic mass is 10.4. The zero-order chi connectivity index (χ0) is 7.84. The molecule has 0 saturated carbocycles. The molecular formula is C7H4Br2N2. The Bertz CT molecular complexity index is 394. The maximum atomic E-state index is 4.19. The predicted molar refractivity (Wildman–Crippen MR) is 51.5 cm³/mol. The van der Waals surface area contributed by atoms with Crippen molar-refractivity contribution in [2.24, 2.45) is 0 Å². The number of nitrogens with one attached hydrogen (secondary N) is 1. The van der Waals surface area contributed by atoms with E-state index in [-0.39, 0.29) is 0 Å². The van der Waals surface area contributed by atoms with E-state index in [0.29, 0.717) is 0 Å². The first-order chi connectivity index (χ1) is 5.29. The molecule has 0 bridgehead atoms. The molecule has 0 saturated heterocycles. The highest BCUT2D eigenvalue weighted by Crippen LogP contribution is 2.26. The van der Waals surface area contributed by atoms with Gasteiger partial charge in [-0.05, 0) is 37.9 Å². The van der Waals surface area contributed by atoms with Gasteiger partial charge < -0.3 is 4.98 Å². The SMILES string of the molecule is Brc1c[nH]c2c(Br)ccnc12. The van der Waals surface area contributed by atoms with E-state index >= 15 is 0 Å². The van der Waals surface area contributed by atoms with E-state index in [4.69, 9.17) is 0 Å². The summed E-state index contributed by atoms with van der Waals surface area (Å²) in [6.45, 7) is 0. The number of aromatic amines is 1. The van der Waals surface area contributed by atoms with Gasteiger partial charge in [-0.25, -0.2) is 0 Å². The maximum Gasteiger partial charge on any atom is 0.103 e. The summed E-state index contributed by atoms with van der Waals surface area (Å²) in [6.07, 6.45) is 3.65. The number of nitrogens with zero attached hydrogens (tertiary/aromatic N) is 1. The van der Waals surface area contributed by atoms with Gasteiger partial charge in [0.1, 0.15) is 5.52 Å². The molecule has 0 aliphatic carbocycles. The van der Waals surface area contributed by atoms with Gasteiger partial charge in [0, 0.05) is 16.9 Å². The summed E-state index contributed by atoms with van der Waals surface area (Å²) in [7, 11) is 0. The fraction of sp³-hybridized carbons (Fsp3) is 0. The Morgan fingerprint density at radius 1 is 1.27 bits per heavy atom. The van der Waals surface area contributed by atoms with Gasteiger partial charge in [-0.2, -0.15) is 0 Å². The first kappa shape index (κ1) is 7.31. The van der Waals surface area contributed by atoms with Crippen molar-refractivity contribution < 1.29 is 0 Å². The fourth-order valence-electron chi connectivity index (χ4n) is 0.961. The van der Waals surface area contributed by atoms with Gasteiger partial charge in [0.05, 0.1) is 9.99 Å². The zero-order valence-corrected chi connectivity index (χ0v) is 8.61. The van der Waals surface area contributed by atoms with E-state index < -0.39 is 0 Å². The van der Waals surface area contributed by atoms with Crippen LogP contribution in [0.3, 0.4) is 0 Å². The molecule has 11 heavy (non-hydrogen) atoms.